The first-order valence-corrected chi connectivity index (χ1v) is 12.1. The van der Waals surface area contributed by atoms with Gasteiger partial charge >= 0.3 is 5.97 Å². The van der Waals surface area contributed by atoms with Gasteiger partial charge in [0.15, 0.2) is 0 Å². The summed E-state index contributed by atoms with van der Waals surface area (Å²) < 4.78 is 20.6. The summed E-state index contributed by atoms with van der Waals surface area (Å²) in [6, 6.07) is 15.3. The molecule has 0 aromatic heterocycles. The summed E-state index contributed by atoms with van der Waals surface area (Å²) in [4.78, 5) is 39.9. The molecule has 39 heavy (non-hydrogen) atoms. The van der Waals surface area contributed by atoms with E-state index >= 15 is 0 Å². The van der Waals surface area contributed by atoms with Gasteiger partial charge in [0.05, 0.1) is 57.1 Å². The molecule has 1 amide bonds. The maximum absolute atomic E-state index is 13.5. The van der Waals surface area contributed by atoms with Crippen LogP contribution in [0.1, 0.15) is 22.7 Å². The third-order valence-electron chi connectivity index (χ3n) is 6.40. The van der Waals surface area contributed by atoms with Crippen LogP contribution in [-0.4, -0.2) is 51.2 Å². The van der Waals surface area contributed by atoms with E-state index in [0.29, 0.717) is 28.3 Å². The fraction of sp³-hybridized carbons (Fsp3) is 0.207. The second kappa shape index (κ2) is 11.5. The summed E-state index contributed by atoms with van der Waals surface area (Å²) >= 11 is 6.32. The van der Waals surface area contributed by atoms with Gasteiger partial charge in [-0.2, -0.15) is 0 Å². The molecule has 202 valence electrons. The minimum Gasteiger partial charge on any atom is -0.507 e. The lowest BCUT2D eigenvalue weighted by Crippen LogP contribution is -2.29. The minimum atomic E-state index is -0.993. The number of esters is 1. The molecule has 0 spiro atoms. The number of amides is 1. The Bertz CT molecular complexity index is 1450. The number of hydrogen-bond donors (Lipinski definition) is 1. The number of aliphatic hydroxyl groups excluding tert-OH is 1. The molecular weight excluding hydrogens is 526 g/mol. The van der Waals surface area contributed by atoms with Gasteiger partial charge in [-0.1, -0.05) is 35.9 Å². The molecule has 1 fully saturated rings. The number of hydrogen-bond acceptors (Lipinski definition) is 8. The Labute approximate surface area is 230 Å². The molecule has 1 atom stereocenters. The van der Waals surface area contributed by atoms with Crippen molar-refractivity contribution in [2.75, 3.05) is 33.3 Å². The maximum Gasteiger partial charge on any atom is 0.309 e. The van der Waals surface area contributed by atoms with Gasteiger partial charge in [0.1, 0.15) is 23.0 Å². The van der Waals surface area contributed by atoms with Gasteiger partial charge in [-0.05, 0) is 41.5 Å². The highest BCUT2D eigenvalue weighted by atomic mass is 35.5. The van der Waals surface area contributed by atoms with E-state index in [1.807, 2.05) is 0 Å². The molecule has 10 heteroatoms. The van der Waals surface area contributed by atoms with E-state index in [1.54, 1.807) is 48.5 Å². The molecular formula is C29H26ClNO8. The molecule has 1 unspecified atom stereocenters. The number of methoxy groups -OCH3 is 4. The number of aliphatic hydroxyl groups is 1. The number of rotatable bonds is 8. The lowest BCUT2D eigenvalue weighted by Gasteiger charge is -2.26. The number of nitrogens with zero attached hydrogens (tertiary/aromatic N) is 1. The van der Waals surface area contributed by atoms with Gasteiger partial charge in [0.25, 0.3) is 11.7 Å². The molecule has 4 rings (SSSR count). The summed E-state index contributed by atoms with van der Waals surface area (Å²) in [6.07, 6.45) is 0.0511. The third-order valence-corrected chi connectivity index (χ3v) is 6.69. The highest BCUT2D eigenvalue weighted by molar-refractivity contribution is 6.51. The Morgan fingerprint density at radius 2 is 1.54 bits per heavy atom. The number of carbonyl (C=O) groups is 3. The number of Topliss-reactive ketones (excluding diaryl/α,β-unsaturated/α-hetero) is 1. The SMILES string of the molecule is COC(=O)Cc1ccc(N2C(=O)C(=O)/C(=C(/O)c3cc(Cl)c(OC)cc3OC)C2c2ccc(OC)cc2)cc1. The zero-order valence-electron chi connectivity index (χ0n) is 21.7. The van der Waals surface area contributed by atoms with Crippen molar-refractivity contribution in [1.82, 2.24) is 0 Å². The first kappa shape index (κ1) is 27.5. The van der Waals surface area contributed by atoms with Crippen molar-refractivity contribution < 1.29 is 38.4 Å². The molecule has 3 aromatic carbocycles. The van der Waals surface area contributed by atoms with Crippen molar-refractivity contribution in [3.63, 3.8) is 0 Å². The van der Waals surface area contributed by atoms with Crippen LogP contribution in [0.2, 0.25) is 5.02 Å². The summed E-state index contributed by atoms with van der Waals surface area (Å²) in [6.45, 7) is 0. The van der Waals surface area contributed by atoms with Gasteiger partial charge in [-0.3, -0.25) is 19.3 Å². The van der Waals surface area contributed by atoms with Crippen molar-refractivity contribution >= 4 is 40.7 Å². The van der Waals surface area contributed by atoms with Crippen LogP contribution in [0.3, 0.4) is 0 Å². The summed E-state index contributed by atoms with van der Waals surface area (Å²) in [5.74, 6) is -1.51. The Balaban J connectivity index is 1.90. The van der Waals surface area contributed by atoms with E-state index in [0.717, 1.165) is 0 Å². The largest absolute Gasteiger partial charge is 0.507 e. The Kier molecular flexibility index (Phi) is 8.11. The topological polar surface area (TPSA) is 112 Å². The molecule has 0 bridgehead atoms. The first-order valence-electron chi connectivity index (χ1n) is 11.8. The molecule has 0 radical (unpaired) electrons. The summed E-state index contributed by atoms with van der Waals surface area (Å²) in [5.41, 5.74) is 1.58. The predicted molar refractivity (Wildman–Crippen MR) is 144 cm³/mol. The molecule has 1 heterocycles. The fourth-order valence-corrected chi connectivity index (χ4v) is 4.64. The number of ketones is 1. The van der Waals surface area contributed by atoms with E-state index in [9.17, 15) is 19.5 Å². The standard InChI is InChI=1S/C29H26ClNO8/c1-36-19-11-7-17(8-12-19)26-25(27(33)20-14-21(30)23(38-3)15-22(20)37-2)28(34)29(35)31(26)18-9-5-16(6-10-18)13-24(32)39-4/h5-12,14-15,26,33H,13H2,1-4H3/b27-25+. The van der Waals surface area contributed by atoms with Crippen LogP contribution in [0.15, 0.2) is 66.2 Å². The number of ether oxygens (including phenoxy) is 4. The molecule has 3 aromatic rings. The van der Waals surface area contributed by atoms with E-state index < -0.39 is 29.5 Å². The average molecular weight is 552 g/mol. The van der Waals surface area contributed by atoms with Gasteiger partial charge in [-0.25, -0.2) is 0 Å². The van der Waals surface area contributed by atoms with Crippen molar-refractivity contribution in [2.45, 2.75) is 12.5 Å². The van der Waals surface area contributed by atoms with Crippen LogP contribution >= 0.6 is 11.6 Å². The van der Waals surface area contributed by atoms with Crippen molar-refractivity contribution in [3.05, 3.63) is 87.9 Å². The molecule has 1 aliphatic rings. The van der Waals surface area contributed by atoms with Gasteiger partial charge in [0.2, 0.25) is 0 Å². The van der Waals surface area contributed by atoms with Crippen LogP contribution in [-0.2, 0) is 25.5 Å². The van der Waals surface area contributed by atoms with Crippen molar-refractivity contribution in [1.29, 1.82) is 0 Å². The number of anilines is 1. The molecule has 9 nitrogen and oxygen atoms in total. The Hall–Kier alpha value is -4.50. The highest BCUT2D eigenvalue weighted by Gasteiger charge is 2.47. The lowest BCUT2D eigenvalue weighted by atomic mass is 9.94. The van der Waals surface area contributed by atoms with E-state index in [-0.39, 0.29) is 28.3 Å². The molecule has 1 aliphatic heterocycles. The third kappa shape index (κ3) is 5.26. The fourth-order valence-electron chi connectivity index (χ4n) is 4.40. The van der Waals surface area contributed by atoms with Crippen LogP contribution in [0, 0.1) is 0 Å². The van der Waals surface area contributed by atoms with Crippen molar-refractivity contribution in [2.24, 2.45) is 0 Å². The maximum atomic E-state index is 13.5. The summed E-state index contributed by atoms with van der Waals surface area (Å²) in [5, 5.41) is 11.7. The quantitative estimate of drug-likeness (QED) is 0.185. The Morgan fingerprint density at radius 3 is 2.10 bits per heavy atom. The second-order valence-electron chi connectivity index (χ2n) is 8.55. The number of carbonyl (C=O) groups excluding carboxylic acids is 3. The average Bonchev–Trinajstić information content (AvgIpc) is 3.22. The smallest absolute Gasteiger partial charge is 0.309 e. The summed E-state index contributed by atoms with van der Waals surface area (Å²) in [7, 11) is 5.66. The molecule has 0 aliphatic carbocycles. The monoisotopic (exact) mass is 551 g/mol. The van der Waals surface area contributed by atoms with Gasteiger partial charge < -0.3 is 24.1 Å². The van der Waals surface area contributed by atoms with Gasteiger partial charge in [0, 0.05) is 11.8 Å². The van der Waals surface area contributed by atoms with Crippen LogP contribution < -0.4 is 19.1 Å². The van der Waals surface area contributed by atoms with Crippen LogP contribution in [0.25, 0.3) is 5.76 Å². The van der Waals surface area contributed by atoms with Crippen LogP contribution in [0.4, 0.5) is 5.69 Å². The highest BCUT2D eigenvalue weighted by Crippen LogP contribution is 2.45. The van der Waals surface area contributed by atoms with E-state index in [4.69, 9.17) is 30.5 Å². The normalized spacial score (nSPS) is 16.2. The lowest BCUT2D eigenvalue weighted by molar-refractivity contribution is -0.139. The Morgan fingerprint density at radius 1 is 0.897 bits per heavy atom. The van der Waals surface area contributed by atoms with E-state index in [1.165, 1.54) is 45.5 Å². The van der Waals surface area contributed by atoms with Crippen LogP contribution in [0.5, 0.6) is 17.2 Å². The van der Waals surface area contributed by atoms with E-state index in [2.05, 4.69) is 0 Å². The second-order valence-corrected chi connectivity index (χ2v) is 8.96. The molecule has 0 saturated carbocycles. The number of halogens is 1. The van der Waals surface area contributed by atoms with Gasteiger partial charge in [-0.15, -0.1) is 0 Å². The van der Waals surface area contributed by atoms with Crippen molar-refractivity contribution in [3.8, 4) is 17.2 Å². The zero-order valence-corrected chi connectivity index (χ0v) is 22.4. The zero-order chi connectivity index (χ0) is 28.3. The first-order chi connectivity index (χ1) is 18.7. The molecule has 1 N–H and O–H groups in total. The minimum absolute atomic E-state index is 0.0511. The molecule has 1 saturated heterocycles. The number of benzene rings is 3. The predicted octanol–water partition coefficient (Wildman–Crippen LogP) is 4.71.